The highest BCUT2D eigenvalue weighted by Crippen LogP contribution is 2.24. The normalized spacial score (nSPS) is 12.1. The van der Waals surface area contributed by atoms with Gasteiger partial charge < -0.3 is 5.32 Å². The van der Waals surface area contributed by atoms with Gasteiger partial charge in [0.25, 0.3) is 0 Å². The Morgan fingerprint density at radius 3 is 2.88 bits per heavy atom. The summed E-state index contributed by atoms with van der Waals surface area (Å²) < 4.78 is 13.7. The van der Waals surface area contributed by atoms with E-state index in [1.54, 1.807) is 0 Å². The maximum Gasteiger partial charge on any atom is 0.137 e. The van der Waals surface area contributed by atoms with Crippen LogP contribution in [0.5, 0.6) is 0 Å². The number of halogens is 2. The largest absolute Gasteiger partial charge is 0.310 e. The zero-order valence-electron chi connectivity index (χ0n) is 9.97. The van der Waals surface area contributed by atoms with E-state index in [0.717, 1.165) is 31.4 Å². The van der Waals surface area contributed by atoms with Crippen molar-refractivity contribution in [3.8, 4) is 12.3 Å². The third-order valence-electron chi connectivity index (χ3n) is 2.56. The summed E-state index contributed by atoms with van der Waals surface area (Å²) >= 11 is 3.21. The van der Waals surface area contributed by atoms with Crippen LogP contribution in [0.15, 0.2) is 22.7 Å². The zero-order chi connectivity index (χ0) is 12.7. The Bertz CT molecular complexity index is 398. The van der Waals surface area contributed by atoms with Gasteiger partial charge >= 0.3 is 0 Å². The number of hydrogen-bond acceptors (Lipinski definition) is 1. The molecule has 1 rings (SSSR count). The first-order valence-corrected chi connectivity index (χ1v) is 6.60. The minimum absolute atomic E-state index is 0.197. The van der Waals surface area contributed by atoms with Crippen LogP contribution in [0, 0.1) is 18.2 Å². The van der Waals surface area contributed by atoms with Crippen molar-refractivity contribution in [3.63, 3.8) is 0 Å². The van der Waals surface area contributed by atoms with Crippen LogP contribution < -0.4 is 5.32 Å². The molecule has 0 heterocycles. The zero-order valence-corrected chi connectivity index (χ0v) is 11.6. The average Bonchev–Trinajstić information content (AvgIpc) is 2.33. The van der Waals surface area contributed by atoms with Gasteiger partial charge in [0, 0.05) is 12.5 Å². The summed E-state index contributed by atoms with van der Waals surface area (Å²) in [5, 5.41) is 3.43. The molecule has 0 aromatic heterocycles. The molecule has 0 aliphatic carbocycles. The molecule has 3 heteroatoms. The molecule has 0 spiro atoms. The van der Waals surface area contributed by atoms with Crippen molar-refractivity contribution < 1.29 is 4.39 Å². The van der Waals surface area contributed by atoms with Gasteiger partial charge in [0.15, 0.2) is 0 Å². The molecule has 0 radical (unpaired) electrons. The maximum absolute atomic E-state index is 13.2. The van der Waals surface area contributed by atoms with E-state index < -0.39 is 0 Å². The highest BCUT2D eigenvalue weighted by molar-refractivity contribution is 9.10. The lowest BCUT2D eigenvalue weighted by atomic mass is 10.0. The molecule has 0 aliphatic heterocycles. The summed E-state index contributed by atoms with van der Waals surface area (Å²) in [6.45, 7) is 3.05. The topological polar surface area (TPSA) is 12.0 Å². The molecule has 0 fully saturated rings. The number of nitrogens with one attached hydrogen (secondary N) is 1. The third-order valence-corrected chi connectivity index (χ3v) is 3.17. The van der Waals surface area contributed by atoms with Crippen molar-refractivity contribution in [2.24, 2.45) is 0 Å². The van der Waals surface area contributed by atoms with Gasteiger partial charge in [-0.25, -0.2) is 4.39 Å². The molecule has 0 amide bonds. The Balaban J connectivity index is 2.80. The van der Waals surface area contributed by atoms with Gasteiger partial charge in [0.05, 0.1) is 4.47 Å². The number of terminal acetylenes is 1. The van der Waals surface area contributed by atoms with Crippen LogP contribution in [0.4, 0.5) is 4.39 Å². The minimum Gasteiger partial charge on any atom is -0.310 e. The molecular formula is C14H17BrFN. The average molecular weight is 298 g/mol. The van der Waals surface area contributed by atoms with E-state index in [1.165, 1.54) is 6.07 Å². The summed E-state index contributed by atoms with van der Waals surface area (Å²) in [6, 6.07) is 5.31. The number of hydrogen-bond donors (Lipinski definition) is 1. The monoisotopic (exact) mass is 297 g/mol. The van der Waals surface area contributed by atoms with Crippen molar-refractivity contribution in [2.75, 3.05) is 6.54 Å². The lowest BCUT2D eigenvalue weighted by Crippen LogP contribution is -2.22. The van der Waals surface area contributed by atoms with E-state index in [-0.39, 0.29) is 11.9 Å². The van der Waals surface area contributed by atoms with E-state index in [2.05, 4.69) is 34.1 Å². The SMILES string of the molecule is C#CCCC(NCCC)c1ccc(F)c(Br)c1. The Kier molecular flexibility index (Phi) is 6.25. The number of rotatable bonds is 6. The van der Waals surface area contributed by atoms with Gasteiger partial charge in [-0.15, -0.1) is 12.3 Å². The van der Waals surface area contributed by atoms with Crippen LogP contribution in [0.3, 0.4) is 0 Å². The van der Waals surface area contributed by atoms with E-state index in [1.807, 2.05) is 12.1 Å². The highest BCUT2D eigenvalue weighted by Gasteiger charge is 2.11. The van der Waals surface area contributed by atoms with Crippen molar-refractivity contribution in [1.29, 1.82) is 0 Å². The fourth-order valence-electron chi connectivity index (χ4n) is 1.66. The molecule has 92 valence electrons. The van der Waals surface area contributed by atoms with E-state index in [9.17, 15) is 4.39 Å². The van der Waals surface area contributed by atoms with Gasteiger partial charge in [-0.1, -0.05) is 13.0 Å². The standard InChI is InChI=1S/C14H17BrFN/c1-3-5-6-14(17-9-4-2)11-7-8-13(16)12(15)10-11/h1,7-8,10,14,17H,4-6,9H2,2H3. The summed E-state index contributed by atoms with van der Waals surface area (Å²) in [5.41, 5.74) is 1.07. The lowest BCUT2D eigenvalue weighted by molar-refractivity contribution is 0.504. The first-order chi connectivity index (χ1) is 8.19. The Labute approximate surface area is 111 Å². The predicted molar refractivity (Wildman–Crippen MR) is 73.2 cm³/mol. The molecule has 0 bridgehead atoms. The summed E-state index contributed by atoms with van der Waals surface area (Å²) in [7, 11) is 0. The quantitative estimate of drug-likeness (QED) is 0.782. The van der Waals surface area contributed by atoms with Crippen molar-refractivity contribution in [1.82, 2.24) is 5.32 Å². The first-order valence-electron chi connectivity index (χ1n) is 5.80. The fraction of sp³-hybridized carbons (Fsp3) is 0.429. The highest BCUT2D eigenvalue weighted by atomic mass is 79.9. The summed E-state index contributed by atoms with van der Waals surface area (Å²) in [4.78, 5) is 0. The van der Waals surface area contributed by atoms with Gasteiger partial charge in [-0.3, -0.25) is 0 Å². The summed E-state index contributed by atoms with van der Waals surface area (Å²) in [6.07, 6.45) is 7.94. The molecule has 1 atom stereocenters. The second-order valence-electron chi connectivity index (χ2n) is 3.92. The Morgan fingerprint density at radius 2 is 2.29 bits per heavy atom. The van der Waals surface area contributed by atoms with Crippen LogP contribution in [-0.2, 0) is 0 Å². The molecule has 1 aromatic rings. The smallest absolute Gasteiger partial charge is 0.137 e. The Morgan fingerprint density at radius 1 is 1.53 bits per heavy atom. The summed E-state index contributed by atoms with van der Waals surface area (Å²) in [5.74, 6) is 2.41. The van der Waals surface area contributed by atoms with Crippen molar-refractivity contribution >= 4 is 15.9 Å². The lowest BCUT2D eigenvalue weighted by Gasteiger charge is -2.18. The molecule has 1 N–H and O–H groups in total. The van der Waals surface area contributed by atoms with E-state index in [0.29, 0.717) is 4.47 Å². The molecule has 1 aromatic carbocycles. The van der Waals surface area contributed by atoms with Gasteiger partial charge in [0.2, 0.25) is 0 Å². The molecular weight excluding hydrogens is 281 g/mol. The van der Waals surface area contributed by atoms with E-state index >= 15 is 0 Å². The Hall–Kier alpha value is -0.850. The van der Waals surface area contributed by atoms with Crippen molar-refractivity contribution in [2.45, 2.75) is 32.2 Å². The van der Waals surface area contributed by atoms with Gasteiger partial charge in [0.1, 0.15) is 5.82 Å². The van der Waals surface area contributed by atoms with Crippen LogP contribution in [0.25, 0.3) is 0 Å². The third kappa shape index (κ3) is 4.49. The molecule has 1 nitrogen and oxygen atoms in total. The van der Waals surface area contributed by atoms with Crippen LogP contribution in [0.2, 0.25) is 0 Å². The molecule has 1 unspecified atom stereocenters. The maximum atomic E-state index is 13.2. The molecule has 0 saturated carbocycles. The van der Waals surface area contributed by atoms with Gasteiger partial charge in [-0.05, 0) is 53.0 Å². The van der Waals surface area contributed by atoms with Crippen LogP contribution in [-0.4, -0.2) is 6.54 Å². The fourth-order valence-corrected chi connectivity index (χ4v) is 2.06. The van der Waals surface area contributed by atoms with E-state index in [4.69, 9.17) is 6.42 Å². The molecule has 0 aliphatic rings. The first kappa shape index (κ1) is 14.2. The minimum atomic E-state index is -0.236. The second kappa shape index (κ2) is 7.47. The van der Waals surface area contributed by atoms with Gasteiger partial charge in [-0.2, -0.15) is 0 Å². The number of benzene rings is 1. The second-order valence-corrected chi connectivity index (χ2v) is 4.78. The van der Waals surface area contributed by atoms with Crippen LogP contribution in [0.1, 0.15) is 37.8 Å². The molecule has 0 saturated heterocycles. The predicted octanol–water partition coefficient (Wildman–Crippen LogP) is 4.04. The molecule has 17 heavy (non-hydrogen) atoms. The van der Waals surface area contributed by atoms with Crippen LogP contribution >= 0.6 is 15.9 Å². The van der Waals surface area contributed by atoms with Crippen molar-refractivity contribution in [3.05, 3.63) is 34.1 Å².